The van der Waals surface area contributed by atoms with Gasteiger partial charge in [0.25, 0.3) is 0 Å². The first-order valence-corrected chi connectivity index (χ1v) is 13.8. The third kappa shape index (κ3) is 4.39. The van der Waals surface area contributed by atoms with Crippen LogP contribution in [0.3, 0.4) is 0 Å². The Labute approximate surface area is 223 Å². The fourth-order valence-electron chi connectivity index (χ4n) is 6.86. The molecule has 37 heavy (non-hydrogen) atoms. The number of anilines is 1. The normalized spacial score (nSPS) is 25.8. The predicted molar refractivity (Wildman–Crippen MR) is 146 cm³/mol. The van der Waals surface area contributed by atoms with E-state index < -0.39 is 5.82 Å². The summed E-state index contributed by atoms with van der Waals surface area (Å²) in [5.41, 5.74) is 3.69. The highest BCUT2D eigenvalue weighted by atomic mass is 35.5. The van der Waals surface area contributed by atoms with Gasteiger partial charge in [-0.2, -0.15) is 5.26 Å². The summed E-state index contributed by atoms with van der Waals surface area (Å²) in [5, 5.41) is 9.55. The second-order valence-corrected chi connectivity index (χ2v) is 11.6. The molecule has 2 aromatic carbocycles. The molecule has 6 nitrogen and oxygen atoms in total. The Hall–Kier alpha value is -2.66. The topological polar surface area (TPSA) is 51.3 Å². The molecule has 1 saturated heterocycles. The van der Waals surface area contributed by atoms with Crippen molar-refractivity contribution in [2.24, 2.45) is 13.0 Å². The smallest absolute Gasteiger partial charge is 0.206 e. The maximum atomic E-state index is 14.3. The molecule has 0 unspecified atom stereocenters. The van der Waals surface area contributed by atoms with Crippen molar-refractivity contribution in [1.82, 2.24) is 19.4 Å². The average molecular weight is 521 g/mol. The van der Waals surface area contributed by atoms with Crippen molar-refractivity contribution in [3.63, 3.8) is 0 Å². The third-order valence-electron chi connectivity index (χ3n) is 9.08. The van der Waals surface area contributed by atoms with E-state index in [4.69, 9.17) is 16.6 Å². The Morgan fingerprint density at radius 2 is 2.00 bits per heavy atom. The van der Waals surface area contributed by atoms with Crippen LogP contribution in [0.1, 0.15) is 36.8 Å². The largest absolute Gasteiger partial charge is 0.339 e. The molecule has 0 radical (unpaired) electrons. The lowest BCUT2D eigenvalue weighted by molar-refractivity contribution is 0.153. The van der Waals surface area contributed by atoms with Gasteiger partial charge in [0.15, 0.2) is 0 Å². The van der Waals surface area contributed by atoms with Crippen LogP contribution in [-0.2, 0) is 12.5 Å². The minimum Gasteiger partial charge on any atom is -0.339 e. The molecule has 0 bridgehead atoms. The minimum atomic E-state index is -0.412. The highest BCUT2D eigenvalue weighted by molar-refractivity contribution is 6.31. The molecule has 6 rings (SSSR count). The average Bonchev–Trinajstić information content (AvgIpc) is 3.41. The molecule has 1 aliphatic heterocycles. The molecule has 0 amide bonds. The van der Waals surface area contributed by atoms with E-state index in [-0.39, 0.29) is 10.4 Å². The highest BCUT2D eigenvalue weighted by Gasteiger charge is 2.63. The molecule has 3 atom stereocenters. The first-order chi connectivity index (χ1) is 17.9. The Morgan fingerprint density at radius 3 is 2.76 bits per heavy atom. The van der Waals surface area contributed by atoms with E-state index >= 15 is 0 Å². The number of imidazole rings is 1. The predicted octanol–water partition coefficient (Wildman–Crippen LogP) is 4.80. The Bertz CT molecular complexity index is 1360. The second-order valence-electron chi connectivity index (χ2n) is 11.2. The zero-order valence-corrected chi connectivity index (χ0v) is 22.4. The lowest BCUT2D eigenvalue weighted by atomic mass is 9.92. The number of nitrogens with zero attached hydrogens (tertiary/aromatic N) is 6. The van der Waals surface area contributed by atoms with Crippen LogP contribution in [0.25, 0.3) is 11.0 Å². The van der Waals surface area contributed by atoms with Crippen LogP contribution in [0.15, 0.2) is 36.4 Å². The molecule has 8 heteroatoms. The number of fused-ring (bicyclic) bond motifs is 2. The summed E-state index contributed by atoms with van der Waals surface area (Å²) < 4.78 is 16.4. The van der Waals surface area contributed by atoms with Crippen molar-refractivity contribution >= 4 is 28.6 Å². The van der Waals surface area contributed by atoms with Gasteiger partial charge in [-0.15, -0.1) is 0 Å². The maximum absolute atomic E-state index is 14.3. The van der Waals surface area contributed by atoms with Gasteiger partial charge in [-0.3, -0.25) is 0 Å². The number of aromatic nitrogens is 2. The van der Waals surface area contributed by atoms with Crippen LogP contribution in [0.5, 0.6) is 0 Å². The lowest BCUT2D eigenvalue weighted by Gasteiger charge is -2.34. The summed E-state index contributed by atoms with van der Waals surface area (Å²) in [5.74, 6) is 1.02. The highest BCUT2D eigenvalue weighted by Crippen LogP contribution is 2.65. The van der Waals surface area contributed by atoms with E-state index in [9.17, 15) is 9.65 Å². The van der Waals surface area contributed by atoms with Gasteiger partial charge in [0.05, 0.1) is 27.7 Å². The minimum absolute atomic E-state index is 0.109. The first kappa shape index (κ1) is 24.7. The van der Waals surface area contributed by atoms with Crippen molar-refractivity contribution in [3.05, 3.63) is 58.4 Å². The number of hydrogen-bond acceptors (Lipinski definition) is 5. The van der Waals surface area contributed by atoms with Crippen LogP contribution in [0, 0.1) is 23.1 Å². The van der Waals surface area contributed by atoms with Gasteiger partial charge in [-0.25, -0.2) is 9.37 Å². The summed E-state index contributed by atoms with van der Waals surface area (Å²) in [6.07, 6.45) is 4.42. The first-order valence-electron chi connectivity index (χ1n) is 13.4. The van der Waals surface area contributed by atoms with Crippen LogP contribution in [0.4, 0.5) is 10.3 Å². The van der Waals surface area contributed by atoms with E-state index in [1.807, 2.05) is 23.7 Å². The van der Waals surface area contributed by atoms with E-state index in [1.54, 1.807) is 6.07 Å². The monoisotopic (exact) mass is 520 g/mol. The molecule has 3 aromatic rings. The van der Waals surface area contributed by atoms with Crippen LogP contribution >= 0.6 is 11.6 Å². The van der Waals surface area contributed by atoms with Crippen LogP contribution < -0.4 is 4.90 Å². The number of hydrogen-bond donors (Lipinski definition) is 0. The van der Waals surface area contributed by atoms with Crippen molar-refractivity contribution in [2.45, 2.75) is 37.1 Å². The zero-order valence-electron chi connectivity index (χ0n) is 21.6. The molecule has 3 fully saturated rings. The molecule has 1 aromatic heterocycles. The summed E-state index contributed by atoms with van der Waals surface area (Å²) in [6, 6.07) is 14.0. The summed E-state index contributed by atoms with van der Waals surface area (Å²) in [6.45, 7) is 6.46. The summed E-state index contributed by atoms with van der Waals surface area (Å²) in [7, 11) is 4.17. The number of piperazine rings is 1. The number of rotatable bonds is 7. The van der Waals surface area contributed by atoms with Gasteiger partial charge in [0, 0.05) is 57.3 Å². The molecule has 3 aliphatic rings. The van der Waals surface area contributed by atoms with E-state index in [2.05, 4.69) is 39.9 Å². The van der Waals surface area contributed by atoms with Gasteiger partial charge in [-0.05, 0) is 69.0 Å². The number of aryl methyl sites for hydroxylation is 1. The number of nitriles is 1. The lowest BCUT2D eigenvalue weighted by Crippen LogP contribution is -2.45. The Morgan fingerprint density at radius 1 is 1.19 bits per heavy atom. The van der Waals surface area contributed by atoms with Gasteiger partial charge in [0.2, 0.25) is 5.95 Å². The van der Waals surface area contributed by atoms with Crippen LogP contribution in [0.2, 0.25) is 5.02 Å². The van der Waals surface area contributed by atoms with Crippen molar-refractivity contribution in [3.8, 4) is 6.07 Å². The standard InChI is InChI=1S/C29H34ClFN6/c1-34-11-13-36(14-12-34)9-4-10-37(28-33-25-16-23(30)24(31)17-27(25)35(28)2)26-7-8-29(18-22(26)29)21-6-3-5-20(15-21)19-32/h3,5-6,15-17,22,26H,4,7-14,18H2,1-2H3/t22-,26-,29-/m1/s1. The van der Waals surface area contributed by atoms with Crippen molar-refractivity contribution in [2.75, 3.05) is 51.2 Å². The molecular formula is C29H34ClFN6. The van der Waals surface area contributed by atoms with Crippen molar-refractivity contribution in [1.29, 1.82) is 5.26 Å². The molecule has 2 aliphatic carbocycles. The SMILES string of the molecule is CN1CCN(CCCN(c2nc3cc(Cl)c(F)cc3n2C)[C@@H]2CC[C@]3(c4cccc(C#N)c4)C[C@H]23)CC1. The van der Waals surface area contributed by atoms with E-state index in [0.29, 0.717) is 12.0 Å². The van der Waals surface area contributed by atoms with Gasteiger partial charge >= 0.3 is 0 Å². The number of benzene rings is 2. The fourth-order valence-corrected chi connectivity index (χ4v) is 7.02. The molecule has 194 valence electrons. The van der Waals surface area contributed by atoms with Gasteiger partial charge in [-0.1, -0.05) is 23.7 Å². The summed E-state index contributed by atoms with van der Waals surface area (Å²) >= 11 is 6.11. The van der Waals surface area contributed by atoms with E-state index in [1.165, 1.54) is 11.6 Å². The third-order valence-corrected chi connectivity index (χ3v) is 9.37. The molecule has 0 N–H and O–H groups in total. The number of likely N-dealkylation sites (N-methyl/N-ethyl adjacent to an activating group) is 1. The van der Waals surface area contributed by atoms with Gasteiger partial charge in [0.1, 0.15) is 5.82 Å². The Balaban J connectivity index is 1.28. The molecular weight excluding hydrogens is 487 g/mol. The van der Waals surface area contributed by atoms with Gasteiger partial charge < -0.3 is 19.3 Å². The molecule has 2 saturated carbocycles. The zero-order chi connectivity index (χ0) is 25.7. The van der Waals surface area contributed by atoms with Crippen LogP contribution in [-0.4, -0.2) is 71.7 Å². The molecule has 2 heterocycles. The Kier molecular flexibility index (Phi) is 6.38. The van der Waals surface area contributed by atoms with Crippen molar-refractivity contribution < 1.29 is 4.39 Å². The van der Waals surface area contributed by atoms with E-state index in [0.717, 1.165) is 87.5 Å². The quantitative estimate of drug-likeness (QED) is 0.448. The maximum Gasteiger partial charge on any atom is 0.206 e. The fraction of sp³-hybridized carbons (Fsp3) is 0.517. The summed E-state index contributed by atoms with van der Waals surface area (Å²) in [4.78, 5) is 12.4. The number of halogens is 2. The second kappa shape index (κ2) is 9.58. The molecule has 0 spiro atoms.